The second-order valence-electron chi connectivity index (χ2n) is 10.5. The Kier molecular flexibility index (Phi) is 4.85. The lowest BCUT2D eigenvalue weighted by atomic mass is 9.75. The van der Waals surface area contributed by atoms with Crippen molar-refractivity contribution >= 4 is 29.1 Å². The Bertz CT molecular complexity index is 1250. The molecule has 1 saturated heterocycles. The van der Waals surface area contributed by atoms with Crippen LogP contribution in [0.3, 0.4) is 0 Å². The molecule has 0 amide bonds. The van der Waals surface area contributed by atoms with Crippen LogP contribution in [0.15, 0.2) is 42.0 Å². The minimum absolute atomic E-state index is 0.0533. The van der Waals surface area contributed by atoms with Crippen molar-refractivity contribution < 1.29 is 19.2 Å². The minimum atomic E-state index is -0.759. The first kappa shape index (κ1) is 21.4. The van der Waals surface area contributed by atoms with Crippen molar-refractivity contribution in [1.82, 2.24) is 4.90 Å². The van der Waals surface area contributed by atoms with E-state index in [0.717, 1.165) is 56.1 Å². The van der Waals surface area contributed by atoms with Crippen molar-refractivity contribution in [2.75, 3.05) is 44.2 Å². The summed E-state index contributed by atoms with van der Waals surface area (Å²) < 4.78 is 9.14. The maximum absolute atomic E-state index is 11.0. The molecular formula is C28H32N3O3+. The van der Waals surface area contributed by atoms with Gasteiger partial charge >= 0.3 is 5.97 Å². The van der Waals surface area contributed by atoms with Crippen molar-refractivity contribution in [2.45, 2.75) is 38.7 Å². The van der Waals surface area contributed by atoms with E-state index in [2.05, 4.69) is 72.7 Å². The van der Waals surface area contributed by atoms with E-state index in [1.807, 2.05) is 4.90 Å². The lowest BCUT2D eigenvalue weighted by Gasteiger charge is -2.36. The summed E-state index contributed by atoms with van der Waals surface area (Å²) in [5, 5.41) is 9.05. The van der Waals surface area contributed by atoms with Gasteiger partial charge in [-0.15, -0.1) is 0 Å². The molecule has 4 heterocycles. The molecule has 34 heavy (non-hydrogen) atoms. The predicted octanol–water partition coefficient (Wildman–Crippen LogP) is 3.83. The lowest BCUT2D eigenvalue weighted by Crippen LogP contribution is -2.48. The zero-order valence-electron chi connectivity index (χ0n) is 20.2. The standard InChI is InChI=1S/C28H31N3O3/c1-18-4-7-23-22(14-18)28(2,3)27-21-15-19-5-6-20(16-25(19)34-24(21)8-9-31(23)27)30-12-10-29(11-13-30)17-26(32)33/h4-7,14-16,24H,8-13,17H2,1-3H3/p+1. The molecule has 1 atom stereocenters. The minimum Gasteiger partial charge on any atom is -0.485 e. The molecule has 1 fully saturated rings. The van der Waals surface area contributed by atoms with Crippen LogP contribution in [-0.2, 0) is 10.2 Å². The molecule has 6 heteroatoms. The largest absolute Gasteiger partial charge is 0.485 e. The SMILES string of the molecule is Cc1ccc2c(c1)C(C)(C)C1=[N+]2CCC2Oc3cc(N4CCN(CC(=O)O)CC4)ccc3C=C12. The van der Waals surface area contributed by atoms with Crippen LogP contribution in [0.5, 0.6) is 5.75 Å². The number of rotatable bonds is 3. The van der Waals surface area contributed by atoms with Gasteiger partial charge in [-0.05, 0) is 45.0 Å². The maximum atomic E-state index is 11.0. The molecule has 6 rings (SSSR count). The molecule has 6 nitrogen and oxygen atoms in total. The average Bonchev–Trinajstić information content (AvgIpc) is 3.04. The molecule has 2 aromatic rings. The number of hydrogen-bond acceptors (Lipinski definition) is 4. The fourth-order valence-electron chi connectivity index (χ4n) is 6.18. The molecule has 4 aliphatic rings. The van der Waals surface area contributed by atoms with Crippen molar-refractivity contribution in [3.63, 3.8) is 0 Å². The fourth-order valence-corrected chi connectivity index (χ4v) is 6.18. The van der Waals surface area contributed by atoms with Gasteiger partial charge in [0.25, 0.3) is 0 Å². The normalized spacial score (nSPS) is 22.9. The number of piperazine rings is 1. The highest BCUT2D eigenvalue weighted by atomic mass is 16.5. The van der Waals surface area contributed by atoms with Gasteiger partial charge in [-0.1, -0.05) is 11.6 Å². The zero-order chi connectivity index (χ0) is 23.6. The van der Waals surface area contributed by atoms with Gasteiger partial charge in [-0.3, -0.25) is 9.69 Å². The summed E-state index contributed by atoms with van der Waals surface area (Å²) in [5.74, 6) is 0.197. The van der Waals surface area contributed by atoms with Gasteiger partial charge in [0.2, 0.25) is 5.69 Å². The molecule has 1 N–H and O–H groups in total. The third-order valence-electron chi connectivity index (χ3n) is 7.89. The Morgan fingerprint density at radius 3 is 2.71 bits per heavy atom. The molecule has 0 spiro atoms. The number of nitrogens with zero attached hydrogens (tertiary/aromatic N) is 3. The number of fused-ring (bicyclic) bond motifs is 5. The highest BCUT2D eigenvalue weighted by molar-refractivity contribution is 6.11. The average molecular weight is 459 g/mol. The summed E-state index contributed by atoms with van der Waals surface area (Å²) in [5.41, 5.74) is 8.99. The van der Waals surface area contributed by atoms with Crippen molar-refractivity contribution in [1.29, 1.82) is 0 Å². The van der Waals surface area contributed by atoms with Crippen LogP contribution in [0.1, 0.15) is 37.0 Å². The van der Waals surface area contributed by atoms with Crippen molar-refractivity contribution in [2.24, 2.45) is 0 Å². The summed E-state index contributed by atoms with van der Waals surface area (Å²) in [6.45, 7) is 11.1. The Morgan fingerprint density at radius 1 is 1.15 bits per heavy atom. The Labute approximate surface area is 200 Å². The molecule has 0 bridgehead atoms. The van der Waals surface area contributed by atoms with Crippen molar-refractivity contribution in [3.05, 3.63) is 58.7 Å². The quantitative estimate of drug-likeness (QED) is 0.709. The van der Waals surface area contributed by atoms with E-state index >= 15 is 0 Å². The molecule has 2 aromatic carbocycles. The van der Waals surface area contributed by atoms with E-state index in [4.69, 9.17) is 9.84 Å². The van der Waals surface area contributed by atoms with Crippen LogP contribution in [0, 0.1) is 6.92 Å². The number of hydrogen-bond donors (Lipinski definition) is 1. The second-order valence-corrected chi connectivity index (χ2v) is 10.5. The molecule has 4 aliphatic heterocycles. The van der Waals surface area contributed by atoms with Crippen LogP contribution >= 0.6 is 0 Å². The first-order valence-corrected chi connectivity index (χ1v) is 12.3. The number of carbonyl (C=O) groups is 1. The fraction of sp³-hybridized carbons (Fsp3) is 0.429. The van der Waals surface area contributed by atoms with Crippen LogP contribution in [0.25, 0.3) is 6.08 Å². The number of anilines is 1. The third-order valence-corrected chi connectivity index (χ3v) is 7.89. The summed E-state index contributed by atoms with van der Waals surface area (Å²) in [4.78, 5) is 15.3. The van der Waals surface area contributed by atoms with Gasteiger partial charge in [0.1, 0.15) is 11.9 Å². The maximum Gasteiger partial charge on any atom is 0.317 e. The summed E-state index contributed by atoms with van der Waals surface area (Å²) in [6, 6.07) is 13.4. The first-order valence-electron chi connectivity index (χ1n) is 12.3. The highest BCUT2D eigenvalue weighted by Gasteiger charge is 2.52. The first-order chi connectivity index (χ1) is 16.3. The number of benzene rings is 2. The number of aliphatic carboxylic acids is 1. The molecule has 0 radical (unpaired) electrons. The van der Waals surface area contributed by atoms with Gasteiger partial charge < -0.3 is 14.7 Å². The smallest absolute Gasteiger partial charge is 0.317 e. The van der Waals surface area contributed by atoms with E-state index in [1.54, 1.807) is 0 Å². The van der Waals surface area contributed by atoms with E-state index in [1.165, 1.54) is 28.1 Å². The van der Waals surface area contributed by atoms with Crippen LogP contribution in [0.4, 0.5) is 11.4 Å². The van der Waals surface area contributed by atoms with Gasteiger partial charge in [-0.25, -0.2) is 0 Å². The topological polar surface area (TPSA) is 56.0 Å². The van der Waals surface area contributed by atoms with E-state index in [-0.39, 0.29) is 18.1 Å². The predicted molar refractivity (Wildman–Crippen MR) is 134 cm³/mol. The molecule has 0 saturated carbocycles. The summed E-state index contributed by atoms with van der Waals surface area (Å²) >= 11 is 0. The molecular weight excluding hydrogens is 426 g/mol. The zero-order valence-corrected chi connectivity index (χ0v) is 20.2. The Morgan fingerprint density at radius 2 is 1.94 bits per heavy atom. The lowest BCUT2D eigenvalue weighted by molar-refractivity contribution is -0.444. The number of carboxylic acid groups (broad SMARTS) is 1. The molecule has 176 valence electrons. The second kappa shape index (κ2) is 7.70. The van der Waals surface area contributed by atoms with Gasteiger partial charge in [-0.2, -0.15) is 4.58 Å². The van der Waals surface area contributed by atoms with Crippen LogP contribution < -0.4 is 9.64 Å². The number of ether oxygens (including phenoxy) is 1. The Hall–Kier alpha value is -3.12. The third kappa shape index (κ3) is 3.35. The number of aryl methyl sites for hydroxylation is 1. The van der Waals surface area contributed by atoms with Crippen molar-refractivity contribution in [3.8, 4) is 5.75 Å². The number of carboxylic acids is 1. The molecule has 1 unspecified atom stereocenters. The van der Waals surface area contributed by atoms with Gasteiger partial charge in [0.15, 0.2) is 12.3 Å². The Balaban J connectivity index is 1.30. The van der Waals surface area contributed by atoms with Gasteiger partial charge in [0.05, 0.1) is 17.5 Å². The summed E-state index contributed by atoms with van der Waals surface area (Å²) in [7, 11) is 0. The van der Waals surface area contributed by atoms with Crippen LogP contribution in [-0.4, -0.2) is 71.6 Å². The highest BCUT2D eigenvalue weighted by Crippen LogP contribution is 2.47. The van der Waals surface area contributed by atoms with E-state index < -0.39 is 5.97 Å². The van der Waals surface area contributed by atoms with Crippen LogP contribution in [0.2, 0.25) is 0 Å². The molecule has 0 aromatic heterocycles. The van der Waals surface area contributed by atoms with Gasteiger partial charge in [0, 0.05) is 61.5 Å². The molecule has 0 aliphatic carbocycles. The van der Waals surface area contributed by atoms with E-state index in [9.17, 15) is 4.79 Å². The monoisotopic (exact) mass is 458 g/mol. The van der Waals surface area contributed by atoms with E-state index in [0.29, 0.717) is 0 Å². The summed E-state index contributed by atoms with van der Waals surface area (Å²) in [6.07, 6.45) is 3.40.